The molecule has 1 heterocycles. The van der Waals surface area contributed by atoms with Crippen molar-refractivity contribution in [1.29, 1.82) is 0 Å². The first-order chi connectivity index (χ1) is 11.9. The van der Waals surface area contributed by atoms with Crippen molar-refractivity contribution in [1.82, 2.24) is 0 Å². The highest BCUT2D eigenvalue weighted by molar-refractivity contribution is 4.85. The summed E-state index contributed by atoms with van der Waals surface area (Å²) in [6, 6.07) is 0. The van der Waals surface area contributed by atoms with E-state index in [-0.39, 0.29) is 6.29 Å². The topological polar surface area (TPSA) is 18.5 Å². The third-order valence-electron chi connectivity index (χ3n) is 4.80. The molecule has 0 aromatic rings. The number of rotatable bonds is 15. The van der Waals surface area contributed by atoms with Crippen LogP contribution in [0.1, 0.15) is 103 Å². The average Bonchev–Trinajstić information content (AvgIpc) is 2.61. The molecule has 0 spiro atoms. The zero-order valence-corrected chi connectivity index (χ0v) is 16.1. The molecule has 1 aliphatic heterocycles. The van der Waals surface area contributed by atoms with Gasteiger partial charge >= 0.3 is 0 Å². The van der Waals surface area contributed by atoms with Crippen LogP contribution >= 0.6 is 0 Å². The lowest BCUT2D eigenvalue weighted by molar-refractivity contribution is -0.188. The van der Waals surface area contributed by atoms with Crippen molar-refractivity contribution in [3.8, 4) is 0 Å². The Balaban J connectivity index is 2.20. The second kappa shape index (κ2) is 16.1. The molecule has 0 aliphatic carbocycles. The lowest BCUT2D eigenvalue weighted by Gasteiger charge is -2.27. The van der Waals surface area contributed by atoms with Gasteiger partial charge in [0.25, 0.3) is 0 Å². The van der Waals surface area contributed by atoms with Gasteiger partial charge in [0.1, 0.15) is 0 Å². The first kappa shape index (κ1) is 21.7. The molecule has 2 atom stereocenters. The maximum atomic E-state index is 6.25. The number of hydrogen-bond donors (Lipinski definition) is 0. The van der Waals surface area contributed by atoms with Gasteiger partial charge in [-0.1, -0.05) is 77.4 Å². The number of ether oxygens (including phenoxy) is 2. The number of unbranched alkanes of at least 4 members (excludes halogenated alkanes) is 8. The molecule has 1 saturated heterocycles. The molecule has 1 rings (SSSR count). The predicted octanol–water partition coefficient (Wildman–Crippen LogP) is 6.99. The van der Waals surface area contributed by atoms with E-state index in [0.29, 0.717) is 6.10 Å². The Bertz CT molecular complexity index is 282. The van der Waals surface area contributed by atoms with Crippen LogP contribution in [0.3, 0.4) is 0 Å². The Hall–Kier alpha value is -0.340. The van der Waals surface area contributed by atoms with Crippen LogP contribution in [0.25, 0.3) is 0 Å². The fourth-order valence-corrected chi connectivity index (χ4v) is 3.23. The third-order valence-corrected chi connectivity index (χ3v) is 4.80. The highest BCUT2D eigenvalue weighted by Crippen LogP contribution is 2.20. The Kier molecular flexibility index (Phi) is 14.6. The maximum Gasteiger partial charge on any atom is 0.157 e. The van der Waals surface area contributed by atoms with Gasteiger partial charge in [0, 0.05) is 6.61 Å². The largest absolute Gasteiger partial charge is 0.353 e. The van der Waals surface area contributed by atoms with Crippen molar-refractivity contribution in [3.05, 3.63) is 19.1 Å². The molecule has 2 heteroatoms. The van der Waals surface area contributed by atoms with Crippen LogP contribution in [0.2, 0.25) is 0 Å². The Morgan fingerprint density at radius 1 is 1.04 bits per heavy atom. The van der Waals surface area contributed by atoms with Crippen molar-refractivity contribution in [2.75, 3.05) is 6.61 Å². The summed E-state index contributed by atoms with van der Waals surface area (Å²) in [5, 5.41) is 0. The van der Waals surface area contributed by atoms with Crippen LogP contribution in [-0.2, 0) is 9.47 Å². The van der Waals surface area contributed by atoms with Crippen LogP contribution in [0.4, 0.5) is 0 Å². The second-order valence-electron chi connectivity index (χ2n) is 7.17. The van der Waals surface area contributed by atoms with E-state index < -0.39 is 0 Å². The molecular formula is C22H41O2. The van der Waals surface area contributed by atoms with Crippen LogP contribution in [0.5, 0.6) is 0 Å². The summed E-state index contributed by atoms with van der Waals surface area (Å²) >= 11 is 0. The van der Waals surface area contributed by atoms with Crippen LogP contribution in [0.15, 0.2) is 12.2 Å². The lowest BCUT2D eigenvalue weighted by Crippen LogP contribution is -2.27. The van der Waals surface area contributed by atoms with Gasteiger partial charge in [-0.3, -0.25) is 0 Å². The van der Waals surface area contributed by atoms with E-state index in [2.05, 4.69) is 26.0 Å². The van der Waals surface area contributed by atoms with Crippen molar-refractivity contribution in [2.24, 2.45) is 0 Å². The van der Waals surface area contributed by atoms with E-state index in [1.807, 2.05) is 0 Å². The van der Waals surface area contributed by atoms with Crippen LogP contribution in [-0.4, -0.2) is 19.0 Å². The summed E-state index contributed by atoms with van der Waals surface area (Å²) in [7, 11) is 0. The minimum Gasteiger partial charge on any atom is -0.353 e. The van der Waals surface area contributed by atoms with Crippen molar-refractivity contribution in [3.63, 3.8) is 0 Å². The van der Waals surface area contributed by atoms with Gasteiger partial charge in [0.05, 0.1) is 6.10 Å². The first-order valence-electron chi connectivity index (χ1n) is 10.6. The lowest BCUT2D eigenvalue weighted by atomic mass is 10.1. The molecule has 1 unspecified atom stereocenters. The third kappa shape index (κ3) is 12.1. The zero-order chi connectivity index (χ0) is 17.3. The van der Waals surface area contributed by atoms with Crippen molar-refractivity contribution in [2.45, 2.75) is 116 Å². The molecule has 0 saturated carbocycles. The van der Waals surface area contributed by atoms with E-state index in [1.165, 1.54) is 77.0 Å². The van der Waals surface area contributed by atoms with E-state index >= 15 is 0 Å². The molecule has 141 valence electrons. The quantitative estimate of drug-likeness (QED) is 0.237. The second-order valence-corrected chi connectivity index (χ2v) is 7.17. The van der Waals surface area contributed by atoms with E-state index in [9.17, 15) is 0 Å². The van der Waals surface area contributed by atoms with E-state index in [1.54, 1.807) is 0 Å². The minimum atomic E-state index is 0.0472. The highest BCUT2D eigenvalue weighted by atomic mass is 16.7. The summed E-state index contributed by atoms with van der Waals surface area (Å²) in [5.74, 6) is 0. The molecule has 24 heavy (non-hydrogen) atoms. The molecule has 0 bridgehead atoms. The fraction of sp³-hybridized carbons (Fsp3) is 0.864. The van der Waals surface area contributed by atoms with E-state index in [4.69, 9.17) is 9.47 Å². The van der Waals surface area contributed by atoms with Gasteiger partial charge in [-0.05, 0) is 44.9 Å². The molecule has 2 nitrogen and oxygen atoms in total. The number of hydrogen-bond acceptors (Lipinski definition) is 2. The van der Waals surface area contributed by atoms with E-state index in [0.717, 1.165) is 25.9 Å². The molecule has 1 radical (unpaired) electrons. The zero-order valence-electron chi connectivity index (χ0n) is 16.1. The summed E-state index contributed by atoms with van der Waals surface area (Å²) < 4.78 is 12.0. The smallest absolute Gasteiger partial charge is 0.157 e. The van der Waals surface area contributed by atoms with Gasteiger partial charge in [-0.25, -0.2) is 0 Å². The van der Waals surface area contributed by atoms with Gasteiger partial charge in [0.15, 0.2) is 6.29 Å². The molecule has 1 fully saturated rings. The molecule has 0 aromatic carbocycles. The summed E-state index contributed by atoms with van der Waals surface area (Å²) in [6.45, 7) is 7.04. The van der Waals surface area contributed by atoms with Crippen molar-refractivity contribution >= 4 is 0 Å². The predicted molar refractivity (Wildman–Crippen MR) is 104 cm³/mol. The van der Waals surface area contributed by atoms with Gasteiger partial charge in [0.2, 0.25) is 0 Å². The standard InChI is InChI=1S/C22H41O2/c1-3-5-7-9-10-11-12-14-18-21(17-13-8-6-4-2)24-22-19-15-16-20-23-22/h12,14,21-22H,1,3-11,13,15-20H2,2H3/b14-12-/t21-,22?/m1/s1. The fourth-order valence-electron chi connectivity index (χ4n) is 3.23. The van der Waals surface area contributed by atoms with Crippen LogP contribution in [0, 0.1) is 6.92 Å². The Morgan fingerprint density at radius 3 is 2.62 bits per heavy atom. The average molecular weight is 338 g/mol. The molecular weight excluding hydrogens is 296 g/mol. The molecule has 1 aliphatic rings. The Labute approximate surface area is 151 Å². The normalized spacial score (nSPS) is 19.8. The molecule has 0 amide bonds. The highest BCUT2D eigenvalue weighted by Gasteiger charge is 2.18. The summed E-state index contributed by atoms with van der Waals surface area (Å²) in [5.41, 5.74) is 0. The minimum absolute atomic E-state index is 0.0472. The monoisotopic (exact) mass is 337 g/mol. The van der Waals surface area contributed by atoms with Crippen molar-refractivity contribution < 1.29 is 9.47 Å². The Morgan fingerprint density at radius 2 is 1.88 bits per heavy atom. The number of allylic oxidation sites excluding steroid dienone is 1. The molecule has 0 aromatic heterocycles. The van der Waals surface area contributed by atoms with Gasteiger partial charge in [-0.15, -0.1) is 0 Å². The summed E-state index contributed by atoms with van der Waals surface area (Å²) in [4.78, 5) is 0. The van der Waals surface area contributed by atoms with Gasteiger partial charge in [-0.2, -0.15) is 0 Å². The van der Waals surface area contributed by atoms with Crippen LogP contribution < -0.4 is 0 Å². The summed E-state index contributed by atoms with van der Waals surface area (Å²) in [6.07, 6.45) is 23.6. The SMILES string of the molecule is [CH2]CCCCCC/C=C\C[C@@H](CCCCCC)OC1CCCCO1. The first-order valence-corrected chi connectivity index (χ1v) is 10.6. The molecule has 0 N–H and O–H groups in total. The maximum absolute atomic E-state index is 6.25. The van der Waals surface area contributed by atoms with Gasteiger partial charge < -0.3 is 9.47 Å².